The van der Waals surface area contributed by atoms with Gasteiger partial charge >= 0.3 is 208 Å². The minimum atomic E-state index is -3.74. The van der Waals surface area contributed by atoms with Crippen molar-refractivity contribution in [1.29, 1.82) is 0 Å². The van der Waals surface area contributed by atoms with Gasteiger partial charge < -0.3 is 0 Å². The quantitative estimate of drug-likeness (QED) is 0.245. The van der Waals surface area contributed by atoms with Gasteiger partial charge in [-0.05, 0) is 0 Å². The van der Waals surface area contributed by atoms with Crippen molar-refractivity contribution in [3.8, 4) is 0 Å². The normalized spacial score (nSPS) is 19.7. The molecule has 0 aromatic heterocycles. The second-order valence-electron chi connectivity index (χ2n) is 9.34. The van der Waals surface area contributed by atoms with Gasteiger partial charge in [-0.2, -0.15) is 0 Å². The molecule has 0 amide bonds. The van der Waals surface area contributed by atoms with E-state index in [4.69, 9.17) is 10.0 Å². The Morgan fingerprint density at radius 3 is 1.15 bits per heavy atom. The van der Waals surface area contributed by atoms with Crippen molar-refractivity contribution >= 4 is 31.1 Å². The molecule has 0 nitrogen and oxygen atoms in total. The van der Waals surface area contributed by atoms with Crippen LogP contribution in [-0.4, -0.2) is 12.3 Å². The van der Waals surface area contributed by atoms with E-state index >= 15 is 0 Å². The molecule has 162 valence electrons. The third-order valence-corrected chi connectivity index (χ3v) is 20.2. The Hall–Kier alpha value is -3.07. The van der Waals surface area contributed by atoms with Crippen LogP contribution >= 0.6 is 10.0 Å². The summed E-state index contributed by atoms with van der Waals surface area (Å²) in [5, 5.41) is 0. The van der Waals surface area contributed by atoms with Gasteiger partial charge in [0.2, 0.25) is 0 Å². The topological polar surface area (TPSA) is 0 Å². The molecular formula is C32H23ClGe. The van der Waals surface area contributed by atoms with E-state index < -0.39 is 16.6 Å². The van der Waals surface area contributed by atoms with Crippen LogP contribution in [0.1, 0.15) is 39.3 Å². The van der Waals surface area contributed by atoms with Crippen molar-refractivity contribution in [2.24, 2.45) is 0 Å². The molecule has 0 heterocycles. The molecule has 3 aliphatic carbocycles. The second kappa shape index (κ2) is 7.47. The summed E-state index contributed by atoms with van der Waals surface area (Å²) in [6.45, 7) is 0. The summed E-state index contributed by atoms with van der Waals surface area (Å²) < 4.78 is 2.17. The molecule has 0 radical (unpaired) electrons. The first-order chi connectivity index (χ1) is 16.8. The molecule has 0 saturated heterocycles. The third kappa shape index (κ3) is 2.40. The fourth-order valence-corrected chi connectivity index (χ4v) is 18.6. The standard InChI is InChI=1S/C32H23ClGe/c33-34(23-13-3-1-4-14-23,24-15-5-2-6-16-24)32-28-20-10-7-17-25(28)31(26-18-8-11-21-29(26)32)27-19-9-12-22-30(27)32/h1-22,31H. The summed E-state index contributed by atoms with van der Waals surface area (Å²) in [6.07, 6.45) is 0. The summed E-state index contributed by atoms with van der Waals surface area (Å²) >= 11 is -3.74. The second-order valence-corrected chi connectivity index (χ2v) is 19.0. The van der Waals surface area contributed by atoms with Crippen LogP contribution in [0.15, 0.2) is 133 Å². The Labute approximate surface area is 207 Å². The summed E-state index contributed by atoms with van der Waals surface area (Å²) in [6, 6.07) is 49.0. The van der Waals surface area contributed by atoms with Gasteiger partial charge in [-0.25, -0.2) is 0 Å². The Morgan fingerprint density at radius 2 is 0.765 bits per heavy atom. The van der Waals surface area contributed by atoms with Gasteiger partial charge in [0, 0.05) is 0 Å². The van der Waals surface area contributed by atoms with E-state index in [1.807, 2.05) is 0 Å². The molecule has 5 aromatic carbocycles. The van der Waals surface area contributed by atoms with E-state index in [-0.39, 0.29) is 5.92 Å². The molecule has 0 atom stereocenters. The van der Waals surface area contributed by atoms with Crippen molar-refractivity contribution in [3.63, 3.8) is 0 Å². The Bertz CT molecular complexity index is 1370. The number of hydrogen-bond acceptors (Lipinski definition) is 0. The fraction of sp³-hybridized carbons (Fsp3) is 0.0625. The molecule has 3 aliphatic rings. The average molecular weight is 516 g/mol. The molecule has 5 aromatic rings. The van der Waals surface area contributed by atoms with E-state index in [0.717, 1.165) is 0 Å². The van der Waals surface area contributed by atoms with Gasteiger partial charge in [0.05, 0.1) is 0 Å². The van der Waals surface area contributed by atoms with Crippen LogP contribution in [0.5, 0.6) is 0 Å². The molecule has 34 heavy (non-hydrogen) atoms. The van der Waals surface area contributed by atoms with Crippen LogP contribution in [0.2, 0.25) is 0 Å². The fourth-order valence-electron chi connectivity index (χ4n) is 6.70. The van der Waals surface area contributed by atoms with Crippen LogP contribution in [0.3, 0.4) is 0 Å². The number of rotatable bonds is 3. The summed E-state index contributed by atoms with van der Waals surface area (Å²) in [4.78, 5) is 0. The van der Waals surface area contributed by atoms with Crippen molar-refractivity contribution in [2.75, 3.05) is 0 Å². The van der Waals surface area contributed by atoms with Crippen LogP contribution in [0.25, 0.3) is 0 Å². The van der Waals surface area contributed by atoms with Gasteiger partial charge in [-0.3, -0.25) is 0 Å². The molecule has 2 bridgehead atoms. The zero-order chi connectivity index (χ0) is 22.8. The number of benzene rings is 5. The van der Waals surface area contributed by atoms with E-state index in [1.165, 1.54) is 42.2 Å². The molecule has 0 saturated carbocycles. The van der Waals surface area contributed by atoms with Crippen molar-refractivity contribution in [1.82, 2.24) is 0 Å². The molecule has 0 N–H and O–H groups in total. The summed E-state index contributed by atoms with van der Waals surface area (Å²) in [7, 11) is 8.42. The maximum atomic E-state index is 8.42. The van der Waals surface area contributed by atoms with Crippen LogP contribution in [0.4, 0.5) is 0 Å². The maximum absolute atomic E-state index is 8.42. The van der Waals surface area contributed by atoms with E-state index in [2.05, 4.69) is 133 Å². The molecule has 0 fully saturated rings. The van der Waals surface area contributed by atoms with Gasteiger partial charge in [0.1, 0.15) is 0 Å². The first-order valence-corrected chi connectivity index (χ1v) is 17.8. The van der Waals surface area contributed by atoms with E-state index in [9.17, 15) is 0 Å². The average Bonchev–Trinajstić information content (AvgIpc) is 2.93. The monoisotopic (exact) mass is 516 g/mol. The molecular weight excluding hydrogens is 492 g/mol. The third-order valence-electron chi connectivity index (χ3n) is 7.89. The van der Waals surface area contributed by atoms with Crippen LogP contribution in [-0.2, 0) is 4.25 Å². The Balaban J connectivity index is 1.74. The Kier molecular flexibility index (Phi) is 4.46. The summed E-state index contributed by atoms with van der Waals surface area (Å²) in [5.74, 6) is 0.250. The summed E-state index contributed by atoms with van der Waals surface area (Å²) in [5.41, 5.74) is 8.38. The first kappa shape index (κ1) is 20.3. The molecule has 0 aliphatic heterocycles. The predicted octanol–water partition coefficient (Wildman–Crippen LogP) is 6.37. The molecule has 0 unspecified atom stereocenters. The first-order valence-electron chi connectivity index (χ1n) is 11.9. The van der Waals surface area contributed by atoms with Crippen LogP contribution in [0, 0.1) is 0 Å². The zero-order valence-corrected chi connectivity index (χ0v) is 21.5. The van der Waals surface area contributed by atoms with Gasteiger partial charge in [0.25, 0.3) is 0 Å². The molecule has 8 rings (SSSR count). The van der Waals surface area contributed by atoms with Crippen LogP contribution < -0.4 is 8.79 Å². The van der Waals surface area contributed by atoms with Crippen molar-refractivity contribution in [3.05, 3.63) is 167 Å². The van der Waals surface area contributed by atoms with E-state index in [0.29, 0.717) is 0 Å². The predicted molar refractivity (Wildman–Crippen MR) is 144 cm³/mol. The molecule has 0 spiro atoms. The van der Waals surface area contributed by atoms with Crippen molar-refractivity contribution < 1.29 is 0 Å². The number of halogens is 1. The SMILES string of the molecule is [Cl][Ge]([c]1ccccc1)([c]1ccccc1)[C]12c3ccccc3C(c3ccccc31)c1ccccc12. The minimum absolute atomic E-state index is 0.250. The Morgan fingerprint density at radius 1 is 0.441 bits per heavy atom. The van der Waals surface area contributed by atoms with Gasteiger partial charge in [-0.15, -0.1) is 0 Å². The van der Waals surface area contributed by atoms with Crippen molar-refractivity contribution in [2.45, 2.75) is 10.2 Å². The molecule has 2 heteroatoms. The van der Waals surface area contributed by atoms with E-state index in [1.54, 1.807) is 0 Å². The van der Waals surface area contributed by atoms with Gasteiger partial charge in [-0.1, -0.05) is 0 Å². The van der Waals surface area contributed by atoms with Gasteiger partial charge in [0.15, 0.2) is 0 Å². The number of hydrogen-bond donors (Lipinski definition) is 0. The zero-order valence-electron chi connectivity index (χ0n) is 18.7.